The summed E-state index contributed by atoms with van der Waals surface area (Å²) in [6.07, 6.45) is 9.72. The number of aromatic hydroxyl groups is 1. The molecule has 0 aromatic heterocycles. The Labute approximate surface area is 284 Å². The molecule has 2 aliphatic carbocycles. The third-order valence-electron chi connectivity index (χ3n) is 10.5. The maximum absolute atomic E-state index is 14.3. The number of hydrogen-bond donors (Lipinski definition) is 1. The smallest absolute Gasteiger partial charge is 0.238 e. The zero-order chi connectivity index (χ0) is 34.6. The van der Waals surface area contributed by atoms with Gasteiger partial charge in [-0.3, -0.25) is 29.0 Å². The van der Waals surface area contributed by atoms with E-state index in [1.165, 1.54) is 24.0 Å². The molecule has 3 aromatic rings. The highest BCUT2D eigenvalue weighted by atomic mass is 16.5. The van der Waals surface area contributed by atoms with Crippen LogP contribution < -0.4 is 19.3 Å². The number of ether oxygens (including phenoxy) is 2. The standard InChI is InChI=1S/C40H36N2O7/c1-5-22-7-12-25(13-8-22)41-37(44)29-18-17-27-28(16-11-24-19-32(48-3)36(43)33(20-24)49-4)34-31(21-30(27)35(29)40(41)47)38(45)42(39(34)46)26-14-9-23(6-2)10-15-26/h5-17,19-20,28-31,34-35,43H,1-2,18,21H2,3-4H3. The second kappa shape index (κ2) is 12.4. The van der Waals surface area contributed by atoms with E-state index >= 15 is 0 Å². The van der Waals surface area contributed by atoms with Crippen molar-refractivity contribution in [3.8, 4) is 17.2 Å². The number of phenols is 1. The molecule has 4 aliphatic rings. The Hall–Kier alpha value is -5.70. The molecule has 1 N–H and O–H groups in total. The van der Waals surface area contributed by atoms with Crippen LogP contribution in [-0.4, -0.2) is 43.0 Å². The van der Waals surface area contributed by atoms with E-state index in [0.29, 0.717) is 23.4 Å². The van der Waals surface area contributed by atoms with Crippen LogP contribution in [0.5, 0.6) is 17.2 Å². The number of fused-ring (bicyclic) bond motifs is 4. The monoisotopic (exact) mass is 656 g/mol. The topological polar surface area (TPSA) is 113 Å². The summed E-state index contributed by atoms with van der Waals surface area (Å²) < 4.78 is 10.7. The molecule has 1 saturated carbocycles. The molecule has 9 heteroatoms. The fourth-order valence-corrected chi connectivity index (χ4v) is 8.10. The second-order valence-corrected chi connectivity index (χ2v) is 12.8. The number of amides is 4. The van der Waals surface area contributed by atoms with Crippen LogP contribution in [0.1, 0.15) is 29.5 Å². The first-order chi connectivity index (χ1) is 23.7. The first-order valence-electron chi connectivity index (χ1n) is 16.2. The van der Waals surface area contributed by atoms with Gasteiger partial charge in [0.25, 0.3) is 0 Å². The first kappa shape index (κ1) is 31.9. The first-order valence-corrected chi connectivity index (χ1v) is 16.2. The molecule has 248 valence electrons. The lowest BCUT2D eigenvalue weighted by atomic mass is 9.58. The van der Waals surface area contributed by atoms with Crippen molar-refractivity contribution in [3.05, 3.63) is 108 Å². The van der Waals surface area contributed by atoms with Gasteiger partial charge in [0.15, 0.2) is 11.5 Å². The van der Waals surface area contributed by atoms with Gasteiger partial charge in [-0.25, -0.2) is 0 Å². The summed E-state index contributed by atoms with van der Waals surface area (Å²) in [6.45, 7) is 7.57. The highest BCUT2D eigenvalue weighted by Crippen LogP contribution is 2.56. The highest BCUT2D eigenvalue weighted by molar-refractivity contribution is 6.24. The molecule has 2 aliphatic heterocycles. The summed E-state index contributed by atoms with van der Waals surface area (Å²) in [4.78, 5) is 59.1. The second-order valence-electron chi connectivity index (χ2n) is 12.8. The summed E-state index contributed by atoms with van der Waals surface area (Å²) >= 11 is 0. The zero-order valence-electron chi connectivity index (χ0n) is 27.2. The Balaban J connectivity index is 1.30. The van der Waals surface area contributed by atoms with Crippen molar-refractivity contribution >= 4 is 53.2 Å². The fraction of sp³-hybridized carbons (Fsp3) is 0.250. The normalized spacial score (nSPS) is 26.0. The van der Waals surface area contributed by atoms with Crippen molar-refractivity contribution in [2.75, 3.05) is 24.0 Å². The number of anilines is 2. The van der Waals surface area contributed by atoms with Gasteiger partial charge in [-0.2, -0.15) is 0 Å². The average Bonchev–Trinajstić information content (AvgIpc) is 3.54. The Bertz CT molecular complexity index is 1930. The summed E-state index contributed by atoms with van der Waals surface area (Å²) in [5.74, 6) is -4.48. The van der Waals surface area contributed by atoms with Crippen LogP contribution in [0.3, 0.4) is 0 Å². The van der Waals surface area contributed by atoms with E-state index in [9.17, 15) is 24.3 Å². The highest BCUT2D eigenvalue weighted by Gasteiger charge is 2.61. The lowest BCUT2D eigenvalue weighted by Crippen LogP contribution is -2.43. The number of carbonyl (C=O) groups excluding carboxylic acids is 4. The number of rotatable bonds is 8. The Kier molecular flexibility index (Phi) is 8.06. The molecule has 3 fully saturated rings. The molecule has 0 radical (unpaired) electrons. The third-order valence-corrected chi connectivity index (χ3v) is 10.5. The van der Waals surface area contributed by atoms with E-state index < -0.39 is 35.5 Å². The number of hydrogen-bond acceptors (Lipinski definition) is 7. The number of carbonyl (C=O) groups is 4. The van der Waals surface area contributed by atoms with Crippen molar-refractivity contribution in [3.63, 3.8) is 0 Å². The molecule has 2 saturated heterocycles. The maximum Gasteiger partial charge on any atom is 0.238 e. The molecule has 0 spiro atoms. The molecule has 0 bridgehead atoms. The van der Waals surface area contributed by atoms with E-state index in [1.54, 1.807) is 60.7 Å². The van der Waals surface area contributed by atoms with Crippen LogP contribution in [0, 0.1) is 35.5 Å². The van der Waals surface area contributed by atoms with Gasteiger partial charge in [-0.05, 0) is 71.8 Å². The van der Waals surface area contributed by atoms with Crippen molar-refractivity contribution in [2.45, 2.75) is 12.8 Å². The SMILES string of the molecule is C=Cc1ccc(N2C(=O)C3CC4C(=CCC5C(=O)N(c6ccc(C=C)cc6)C(=O)C54)C(C=Cc4cc(OC)c(O)c(OC)c4)C3C2=O)cc1. The summed E-state index contributed by atoms with van der Waals surface area (Å²) in [7, 11) is 2.88. The van der Waals surface area contributed by atoms with Gasteiger partial charge in [0.2, 0.25) is 29.4 Å². The summed E-state index contributed by atoms with van der Waals surface area (Å²) in [5, 5.41) is 10.5. The number of phenolic OH excluding ortho intramolecular Hbond substituents is 1. The van der Waals surface area contributed by atoms with Crippen molar-refractivity contribution in [1.29, 1.82) is 0 Å². The number of imide groups is 2. The minimum absolute atomic E-state index is 0.135. The predicted octanol–water partition coefficient (Wildman–Crippen LogP) is 6.29. The number of benzene rings is 3. The van der Waals surface area contributed by atoms with Crippen molar-refractivity contribution in [2.24, 2.45) is 35.5 Å². The molecule has 6 unspecified atom stereocenters. The number of allylic oxidation sites excluding steroid dienone is 3. The maximum atomic E-state index is 14.3. The minimum Gasteiger partial charge on any atom is -0.502 e. The predicted molar refractivity (Wildman–Crippen MR) is 187 cm³/mol. The minimum atomic E-state index is -0.711. The van der Waals surface area contributed by atoms with Gasteiger partial charge >= 0.3 is 0 Å². The fourth-order valence-electron chi connectivity index (χ4n) is 8.10. The quantitative estimate of drug-likeness (QED) is 0.224. The van der Waals surface area contributed by atoms with Crippen LogP contribution in [0.15, 0.2) is 91.5 Å². The van der Waals surface area contributed by atoms with E-state index in [0.717, 1.165) is 16.7 Å². The Morgan fingerprint density at radius 3 is 1.71 bits per heavy atom. The molecular formula is C40H36N2O7. The molecule has 2 heterocycles. The van der Waals surface area contributed by atoms with Crippen molar-refractivity contribution in [1.82, 2.24) is 0 Å². The molecular weight excluding hydrogens is 620 g/mol. The Morgan fingerprint density at radius 1 is 0.694 bits per heavy atom. The molecule has 6 atom stereocenters. The van der Waals surface area contributed by atoms with E-state index in [2.05, 4.69) is 13.2 Å². The van der Waals surface area contributed by atoms with Crippen molar-refractivity contribution < 1.29 is 33.8 Å². The van der Waals surface area contributed by atoms with E-state index in [4.69, 9.17) is 9.47 Å². The van der Waals surface area contributed by atoms with E-state index in [-0.39, 0.29) is 47.3 Å². The molecule has 7 rings (SSSR count). The molecule has 49 heavy (non-hydrogen) atoms. The van der Waals surface area contributed by atoms with E-state index in [1.807, 2.05) is 30.4 Å². The third kappa shape index (κ3) is 5.08. The number of methoxy groups -OCH3 is 2. The van der Waals surface area contributed by atoms with Gasteiger partial charge in [0.05, 0.1) is 49.3 Å². The summed E-state index contributed by atoms with van der Waals surface area (Å²) in [5.41, 5.74) is 4.23. The van der Waals surface area contributed by atoms with Crippen LogP contribution >= 0.6 is 0 Å². The largest absolute Gasteiger partial charge is 0.502 e. The zero-order valence-corrected chi connectivity index (χ0v) is 27.2. The lowest BCUT2D eigenvalue weighted by Gasteiger charge is -2.42. The van der Waals surface area contributed by atoms with Gasteiger partial charge in [0, 0.05) is 5.92 Å². The average molecular weight is 657 g/mol. The molecule has 9 nitrogen and oxygen atoms in total. The van der Waals surface area contributed by atoms with Crippen LogP contribution in [0.25, 0.3) is 18.2 Å². The Morgan fingerprint density at radius 2 is 1.20 bits per heavy atom. The van der Waals surface area contributed by atoms with Gasteiger partial charge in [0.1, 0.15) is 0 Å². The molecule has 3 aromatic carbocycles. The molecule has 4 amide bonds. The van der Waals surface area contributed by atoms with Crippen LogP contribution in [0.4, 0.5) is 11.4 Å². The van der Waals surface area contributed by atoms with Crippen LogP contribution in [0.2, 0.25) is 0 Å². The lowest BCUT2D eigenvalue weighted by molar-refractivity contribution is -0.126. The van der Waals surface area contributed by atoms with Gasteiger partial charge in [-0.15, -0.1) is 0 Å². The van der Waals surface area contributed by atoms with Gasteiger partial charge in [-0.1, -0.05) is 73.4 Å². The van der Waals surface area contributed by atoms with Crippen LogP contribution in [-0.2, 0) is 19.2 Å². The summed E-state index contributed by atoms with van der Waals surface area (Å²) in [6, 6.07) is 17.5. The van der Waals surface area contributed by atoms with Gasteiger partial charge < -0.3 is 14.6 Å². The number of nitrogens with zero attached hydrogens (tertiary/aromatic N) is 2.